The van der Waals surface area contributed by atoms with E-state index in [0.29, 0.717) is 23.8 Å². The van der Waals surface area contributed by atoms with Crippen molar-refractivity contribution >= 4 is 17.5 Å². The van der Waals surface area contributed by atoms with E-state index in [1.165, 1.54) is 6.42 Å². The number of rotatable bonds is 2. The molecule has 0 bridgehead atoms. The maximum Gasteiger partial charge on any atom is 0.258 e. The highest BCUT2D eigenvalue weighted by Crippen LogP contribution is 2.43. The fraction of sp³-hybridized carbons (Fsp3) is 0.409. The van der Waals surface area contributed by atoms with Crippen molar-refractivity contribution in [1.82, 2.24) is 9.97 Å². The molecular formula is C22H24N4O2. The fourth-order valence-corrected chi connectivity index (χ4v) is 4.68. The van der Waals surface area contributed by atoms with Gasteiger partial charge in [0, 0.05) is 36.7 Å². The van der Waals surface area contributed by atoms with Gasteiger partial charge in [0.2, 0.25) is 5.95 Å². The molecular weight excluding hydrogens is 352 g/mol. The molecule has 0 amide bonds. The molecule has 3 heterocycles. The second-order valence-corrected chi connectivity index (χ2v) is 7.84. The lowest BCUT2D eigenvalue weighted by Crippen LogP contribution is -2.36. The molecule has 1 saturated heterocycles. The molecule has 0 unspecified atom stereocenters. The van der Waals surface area contributed by atoms with Crippen LogP contribution in [0.25, 0.3) is 0 Å². The van der Waals surface area contributed by atoms with E-state index in [4.69, 9.17) is 4.98 Å². The van der Waals surface area contributed by atoms with Crippen LogP contribution < -0.4 is 15.8 Å². The highest BCUT2D eigenvalue weighted by atomic mass is 16.1. The average Bonchev–Trinajstić information content (AvgIpc) is 2.73. The zero-order chi connectivity index (χ0) is 19.1. The van der Waals surface area contributed by atoms with Crippen LogP contribution in [0.4, 0.5) is 11.8 Å². The summed E-state index contributed by atoms with van der Waals surface area (Å²) in [6.45, 7) is 1.83. The maximum atomic E-state index is 13.2. The number of aromatic amines is 1. The normalized spacial score (nSPS) is 21.8. The number of allylic oxidation sites excluding steroid dienone is 2. The van der Waals surface area contributed by atoms with Crippen molar-refractivity contribution in [2.75, 3.05) is 23.3 Å². The number of nitrogens with one attached hydrogen (secondary N) is 2. The van der Waals surface area contributed by atoms with Gasteiger partial charge >= 0.3 is 0 Å². The predicted molar refractivity (Wildman–Crippen MR) is 109 cm³/mol. The zero-order valence-electron chi connectivity index (χ0n) is 15.8. The summed E-state index contributed by atoms with van der Waals surface area (Å²) in [4.78, 5) is 36.0. The summed E-state index contributed by atoms with van der Waals surface area (Å²) in [6, 6.07) is 9.84. The van der Waals surface area contributed by atoms with Crippen LogP contribution in [0, 0.1) is 0 Å². The van der Waals surface area contributed by atoms with Gasteiger partial charge in [0.25, 0.3) is 5.56 Å². The summed E-state index contributed by atoms with van der Waals surface area (Å²) in [6.07, 6.45) is 5.64. The number of benzene rings is 1. The minimum atomic E-state index is -0.355. The fourth-order valence-electron chi connectivity index (χ4n) is 4.68. The average molecular weight is 376 g/mol. The minimum absolute atomic E-state index is 0.132. The van der Waals surface area contributed by atoms with Crippen molar-refractivity contribution in [3.63, 3.8) is 0 Å². The molecule has 144 valence electrons. The van der Waals surface area contributed by atoms with Gasteiger partial charge in [0.1, 0.15) is 5.82 Å². The van der Waals surface area contributed by atoms with Crippen LogP contribution in [0.2, 0.25) is 0 Å². The molecule has 1 fully saturated rings. The van der Waals surface area contributed by atoms with Crippen LogP contribution in [0.15, 0.2) is 46.4 Å². The lowest BCUT2D eigenvalue weighted by atomic mass is 9.76. The van der Waals surface area contributed by atoms with Crippen molar-refractivity contribution in [2.45, 2.75) is 44.4 Å². The largest absolute Gasteiger partial charge is 0.343 e. The molecule has 1 aromatic carbocycles. The summed E-state index contributed by atoms with van der Waals surface area (Å²) in [5.74, 6) is 1.01. The highest BCUT2D eigenvalue weighted by molar-refractivity contribution is 6.00. The number of piperidine rings is 1. The van der Waals surface area contributed by atoms with Crippen LogP contribution in [0.3, 0.4) is 0 Å². The molecule has 28 heavy (non-hydrogen) atoms. The van der Waals surface area contributed by atoms with E-state index < -0.39 is 0 Å². The Morgan fingerprint density at radius 3 is 2.54 bits per heavy atom. The summed E-state index contributed by atoms with van der Waals surface area (Å²) in [5, 5.41) is 3.35. The lowest BCUT2D eigenvalue weighted by molar-refractivity contribution is -0.116. The highest BCUT2D eigenvalue weighted by Gasteiger charge is 2.38. The van der Waals surface area contributed by atoms with Crippen LogP contribution in [-0.2, 0) is 4.79 Å². The van der Waals surface area contributed by atoms with E-state index in [1.54, 1.807) is 0 Å². The summed E-state index contributed by atoms with van der Waals surface area (Å²) >= 11 is 0. The summed E-state index contributed by atoms with van der Waals surface area (Å²) < 4.78 is 0. The molecule has 6 nitrogen and oxygen atoms in total. The third kappa shape index (κ3) is 2.84. The second kappa shape index (κ2) is 6.93. The Balaban J connectivity index is 1.67. The number of nitrogens with zero attached hydrogens (tertiary/aromatic N) is 2. The molecule has 0 saturated carbocycles. The number of Topliss-reactive ketones (excluding diaryl/α,β-unsaturated/α-hetero) is 1. The van der Waals surface area contributed by atoms with Gasteiger partial charge in [-0.25, -0.2) is 0 Å². The van der Waals surface area contributed by atoms with Crippen molar-refractivity contribution < 1.29 is 4.79 Å². The van der Waals surface area contributed by atoms with Gasteiger partial charge in [-0.2, -0.15) is 4.98 Å². The van der Waals surface area contributed by atoms with Gasteiger partial charge in [0.05, 0.1) is 5.56 Å². The molecule has 1 atom stereocenters. The van der Waals surface area contributed by atoms with Gasteiger partial charge < -0.3 is 10.2 Å². The number of ketones is 1. The molecule has 2 aromatic rings. The first-order valence-electron chi connectivity index (χ1n) is 10.2. The standard InChI is InChI=1S/C22H24N4O2/c27-16-11-7-10-15-18(16)17(14-8-3-1-4-9-14)19-20(23-15)24-22(25-21(19)28)26-12-5-2-6-13-26/h1,3-4,8-9,17H,2,5-7,10-13H2,(H2,23,24,25,28)/t17-/m0/s1. The third-order valence-electron chi connectivity index (χ3n) is 6.03. The number of anilines is 2. The van der Waals surface area contributed by atoms with Crippen LogP contribution in [0.1, 0.15) is 55.6 Å². The SMILES string of the molecule is O=C1CCCC2=C1[C@H](c1ccccc1)c1c(nc(N3CCCCC3)[nH]c1=O)N2. The lowest BCUT2D eigenvalue weighted by Gasteiger charge is -2.34. The molecule has 2 N–H and O–H groups in total. The number of carbonyl (C=O) groups excluding carboxylic acids is 1. The molecule has 2 aliphatic heterocycles. The Hall–Kier alpha value is -2.89. The van der Waals surface area contributed by atoms with Crippen molar-refractivity contribution in [1.29, 1.82) is 0 Å². The minimum Gasteiger partial charge on any atom is -0.343 e. The monoisotopic (exact) mass is 376 g/mol. The Bertz CT molecular complexity index is 1000. The molecule has 3 aliphatic rings. The Kier molecular flexibility index (Phi) is 4.26. The van der Waals surface area contributed by atoms with E-state index >= 15 is 0 Å². The molecule has 5 rings (SSSR count). The molecule has 0 radical (unpaired) electrons. The maximum absolute atomic E-state index is 13.2. The van der Waals surface area contributed by atoms with Crippen LogP contribution >= 0.6 is 0 Å². The van der Waals surface area contributed by atoms with E-state index in [9.17, 15) is 9.59 Å². The van der Waals surface area contributed by atoms with E-state index in [0.717, 1.165) is 55.6 Å². The first kappa shape index (κ1) is 17.2. The first-order valence-corrected chi connectivity index (χ1v) is 10.2. The van der Waals surface area contributed by atoms with Gasteiger partial charge in [-0.1, -0.05) is 30.3 Å². The van der Waals surface area contributed by atoms with Crippen LogP contribution in [-0.4, -0.2) is 28.8 Å². The van der Waals surface area contributed by atoms with Crippen molar-refractivity contribution in [2.24, 2.45) is 0 Å². The second-order valence-electron chi connectivity index (χ2n) is 7.84. The van der Waals surface area contributed by atoms with Crippen molar-refractivity contribution in [3.8, 4) is 0 Å². The summed E-state index contributed by atoms with van der Waals surface area (Å²) in [7, 11) is 0. The number of carbonyl (C=O) groups is 1. The molecule has 1 aromatic heterocycles. The molecule has 1 aliphatic carbocycles. The topological polar surface area (TPSA) is 78.1 Å². The molecule has 6 heteroatoms. The zero-order valence-corrected chi connectivity index (χ0v) is 15.8. The number of hydrogen-bond donors (Lipinski definition) is 2. The van der Waals surface area contributed by atoms with Crippen molar-refractivity contribution in [3.05, 3.63) is 63.1 Å². The van der Waals surface area contributed by atoms with Gasteiger partial charge in [-0.05, 0) is 37.7 Å². The van der Waals surface area contributed by atoms with Gasteiger partial charge in [0.15, 0.2) is 5.78 Å². The quantitative estimate of drug-likeness (QED) is 0.841. The number of hydrogen-bond acceptors (Lipinski definition) is 5. The predicted octanol–water partition coefficient (Wildman–Crippen LogP) is 3.32. The number of aromatic nitrogens is 2. The number of fused-ring (bicyclic) bond motifs is 1. The van der Waals surface area contributed by atoms with E-state index in [1.807, 2.05) is 30.3 Å². The van der Waals surface area contributed by atoms with Gasteiger partial charge in [-0.15, -0.1) is 0 Å². The first-order chi connectivity index (χ1) is 13.7. The molecule has 0 spiro atoms. The Morgan fingerprint density at radius 1 is 0.964 bits per heavy atom. The third-order valence-corrected chi connectivity index (χ3v) is 6.03. The number of H-pyrrole nitrogens is 1. The van der Waals surface area contributed by atoms with Gasteiger partial charge in [-0.3, -0.25) is 14.6 Å². The Labute approximate surface area is 163 Å². The summed E-state index contributed by atoms with van der Waals surface area (Å²) in [5.41, 5.74) is 3.03. The van der Waals surface area contributed by atoms with Crippen LogP contribution in [0.5, 0.6) is 0 Å². The smallest absolute Gasteiger partial charge is 0.258 e. The Morgan fingerprint density at radius 2 is 1.75 bits per heavy atom. The van der Waals surface area contributed by atoms with E-state index in [2.05, 4.69) is 15.2 Å². The van der Waals surface area contributed by atoms with E-state index in [-0.39, 0.29) is 17.3 Å².